The van der Waals surface area contributed by atoms with Gasteiger partial charge in [0.25, 0.3) is 11.8 Å². The molecule has 24 heavy (non-hydrogen) atoms. The van der Waals surface area contributed by atoms with E-state index in [4.69, 9.17) is 0 Å². The fraction of sp³-hybridized carbons (Fsp3) is 0.438. The Balaban J connectivity index is 1.42. The molecule has 4 aliphatic carbocycles. The molecule has 0 spiro atoms. The topological polar surface area (TPSA) is 92.9 Å². The first-order chi connectivity index (χ1) is 11.6. The smallest absolute Gasteiger partial charge is 0.272 e. The van der Waals surface area contributed by atoms with Gasteiger partial charge in [-0.15, -0.1) is 0 Å². The molecule has 2 heterocycles. The molecule has 6 atom stereocenters. The summed E-state index contributed by atoms with van der Waals surface area (Å²) in [6, 6.07) is 2.95. The maximum absolute atomic E-state index is 12.7. The van der Waals surface area contributed by atoms with E-state index in [9.17, 15) is 19.7 Å². The van der Waals surface area contributed by atoms with E-state index < -0.39 is 4.92 Å². The van der Waals surface area contributed by atoms with E-state index in [-0.39, 0.29) is 40.5 Å². The van der Waals surface area contributed by atoms with Crippen LogP contribution in [0.5, 0.6) is 0 Å². The van der Waals surface area contributed by atoms with Crippen molar-refractivity contribution in [3.8, 4) is 0 Å². The minimum absolute atomic E-state index is 0.00604. The first-order valence-electron chi connectivity index (χ1n) is 7.90. The molecule has 0 aromatic carbocycles. The molecule has 5 aliphatic rings. The Hall–Kier alpha value is -2.35. The molecule has 0 N–H and O–H groups in total. The van der Waals surface area contributed by atoms with Gasteiger partial charge in [0.2, 0.25) is 0 Å². The number of hydrogen-bond donors (Lipinski definition) is 0. The van der Waals surface area contributed by atoms with E-state index in [1.165, 1.54) is 12.3 Å². The summed E-state index contributed by atoms with van der Waals surface area (Å²) in [5.41, 5.74) is 0. The third-order valence-electron chi connectivity index (χ3n) is 5.73. The Kier molecular flexibility index (Phi) is 2.69. The third kappa shape index (κ3) is 1.74. The average molecular weight is 343 g/mol. The highest BCUT2D eigenvalue weighted by Crippen LogP contribution is 2.65. The molecule has 3 fully saturated rings. The minimum atomic E-state index is -0.474. The summed E-state index contributed by atoms with van der Waals surface area (Å²) in [4.78, 5) is 36.2. The van der Waals surface area contributed by atoms with Crippen LogP contribution in [0.25, 0.3) is 0 Å². The number of imide groups is 1. The number of amides is 2. The summed E-state index contributed by atoms with van der Waals surface area (Å²) in [6.45, 7) is 0. The van der Waals surface area contributed by atoms with Crippen LogP contribution in [-0.4, -0.2) is 28.0 Å². The highest BCUT2D eigenvalue weighted by atomic mass is 32.1. The van der Waals surface area contributed by atoms with Crippen molar-refractivity contribution in [1.29, 1.82) is 0 Å². The van der Waals surface area contributed by atoms with Crippen molar-refractivity contribution in [1.82, 2.24) is 5.01 Å². The molecule has 6 rings (SSSR count). The molecule has 2 amide bonds. The van der Waals surface area contributed by atoms with E-state index in [0.717, 1.165) is 22.8 Å². The van der Waals surface area contributed by atoms with Crippen LogP contribution < -0.4 is 0 Å². The highest BCUT2D eigenvalue weighted by molar-refractivity contribution is 7.16. The Morgan fingerprint density at radius 3 is 2.33 bits per heavy atom. The maximum atomic E-state index is 12.7. The summed E-state index contributed by atoms with van der Waals surface area (Å²) in [5.74, 6) is 0.462. The second-order valence-corrected chi connectivity index (χ2v) is 7.91. The van der Waals surface area contributed by atoms with Gasteiger partial charge in [0.15, 0.2) is 0 Å². The molecule has 2 bridgehead atoms. The van der Waals surface area contributed by atoms with Gasteiger partial charge < -0.3 is 0 Å². The first kappa shape index (κ1) is 14.0. The fourth-order valence-corrected chi connectivity index (χ4v) is 5.37. The Labute approximate surface area is 140 Å². The van der Waals surface area contributed by atoms with E-state index in [2.05, 4.69) is 17.3 Å². The number of hydrazone groups is 1. The van der Waals surface area contributed by atoms with E-state index in [1.54, 1.807) is 6.07 Å². The van der Waals surface area contributed by atoms with Crippen LogP contribution in [0.2, 0.25) is 0 Å². The number of nitro groups is 1. The fourth-order valence-electron chi connectivity index (χ4n) is 4.68. The highest BCUT2D eigenvalue weighted by Gasteiger charge is 2.67. The molecule has 2 saturated carbocycles. The van der Waals surface area contributed by atoms with Crippen LogP contribution in [0.15, 0.2) is 29.4 Å². The standard InChI is InChI=1S/C16H13N3O4S/c20-15-13-8-2-3-9(11-5-10(8)11)14(13)16(21)18(15)17-6-7-1-4-12(24-7)19(22)23/h1-4,6,8-11,13-14H,5H2/b17-6-/t8-,9-,10-,11+,13-,14-/m1/s1. The van der Waals surface area contributed by atoms with Crippen LogP contribution in [0, 0.1) is 45.6 Å². The summed E-state index contributed by atoms with van der Waals surface area (Å²) in [5, 5.41) is 15.8. The Morgan fingerprint density at radius 2 is 1.79 bits per heavy atom. The minimum Gasteiger partial charge on any atom is -0.272 e. The average Bonchev–Trinajstić information content (AvgIpc) is 3.20. The molecule has 1 saturated heterocycles. The zero-order valence-corrected chi connectivity index (χ0v) is 13.3. The van der Waals surface area contributed by atoms with Gasteiger partial charge in [-0.1, -0.05) is 23.5 Å². The largest absolute Gasteiger partial charge is 0.324 e. The lowest BCUT2D eigenvalue weighted by Crippen LogP contribution is -2.40. The summed E-state index contributed by atoms with van der Waals surface area (Å²) in [7, 11) is 0. The SMILES string of the molecule is O=C1[C@@H]2[C@@H]3C=C[C@H]([C@@H]4C[C@H]34)[C@H]2C(=O)N1/N=C\c1ccc([N+](=O)[O-])s1. The zero-order chi connectivity index (χ0) is 16.6. The lowest BCUT2D eigenvalue weighted by molar-refractivity contribution is -0.380. The summed E-state index contributed by atoms with van der Waals surface area (Å²) >= 11 is 0.963. The Morgan fingerprint density at radius 1 is 1.17 bits per heavy atom. The number of carbonyl (C=O) groups is 2. The van der Waals surface area contributed by atoms with Crippen LogP contribution in [0.4, 0.5) is 5.00 Å². The van der Waals surface area contributed by atoms with Crippen LogP contribution in [0.3, 0.4) is 0 Å². The van der Waals surface area contributed by atoms with Gasteiger partial charge in [0.1, 0.15) is 0 Å². The molecule has 1 aromatic heterocycles. The molecular weight excluding hydrogens is 330 g/mol. The van der Waals surface area contributed by atoms with Gasteiger partial charge in [0, 0.05) is 6.07 Å². The lowest BCUT2D eigenvalue weighted by Gasteiger charge is -2.37. The predicted octanol–water partition coefficient (Wildman–Crippen LogP) is 2.04. The van der Waals surface area contributed by atoms with Crippen molar-refractivity contribution in [2.75, 3.05) is 0 Å². The number of thiophene rings is 1. The molecular formula is C16H13N3O4S. The first-order valence-corrected chi connectivity index (χ1v) is 8.72. The summed E-state index contributed by atoms with van der Waals surface area (Å²) < 4.78 is 0. The number of hydrogen-bond acceptors (Lipinski definition) is 6. The molecule has 122 valence electrons. The van der Waals surface area contributed by atoms with Crippen molar-refractivity contribution in [2.24, 2.45) is 40.6 Å². The second kappa shape index (κ2) is 4.60. The number of carbonyl (C=O) groups excluding carboxylic acids is 2. The number of rotatable bonds is 3. The van der Waals surface area contributed by atoms with Gasteiger partial charge in [-0.25, -0.2) is 0 Å². The molecule has 1 aromatic rings. The Bertz CT molecular complexity index is 808. The number of nitrogens with zero attached hydrogens (tertiary/aromatic N) is 3. The molecule has 7 nitrogen and oxygen atoms in total. The van der Waals surface area contributed by atoms with Crippen molar-refractivity contribution in [3.05, 3.63) is 39.3 Å². The van der Waals surface area contributed by atoms with Crippen molar-refractivity contribution >= 4 is 34.4 Å². The quantitative estimate of drug-likeness (QED) is 0.276. The van der Waals surface area contributed by atoms with Crippen molar-refractivity contribution in [3.63, 3.8) is 0 Å². The van der Waals surface area contributed by atoms with E-state index in [1.807, 2.05) is 0 Å². The van der Waals surface area contributed by atoms with Crippen LogP contribution in [0.1, 0.15) is 11.3 Å². The van der Waals surface area contributed by atoms with E-state index in [0.29, 0.717) is 16.7 Å². The zero-order valence-electron chi connectivity index (χ0n) is 12.4. The molecule has 8 heteroatoms. The van der Waals surface area contributed by atoms with E-state index >= 15 is 0 Å². The maximum Gasteiger partial charge on any atom is 0.324 e. The molecule has 0 radical (unpaired) electrons. The number of allylic oxidation sites excluding steroid dienone is 2. The van der Waals surface area contributed by atoms with Crippen LogP contribution in [-0.2, 0) is 9.59 Å². The van der Waals surface area contributed by atoms with Gasteiger partial charge in [0.05, 0.1) is 27.9 Å². The van der Waals surface area contributed by atoms with Gasteiger partial charge in [-0.2, -0.15) is 10.1 Å². The second-order valence-electron chi connectivity index (χ2n) is 6.82. The molecule has 1 aliphatic heterocycles. The normalized spacial score (nSPS) is 38.8. The van der Waals surface area contributed by atoms with Crippen molar-refractivity contribution < 1.29 is 14.5 Å². The van der Waals surface area contributed by atoms with Gasteiger partial charge in [-0.05, 0) is 36.2 Å². The third-order valence-corrected chi connectivity index (χ3v) is 6.70. The van der Waals surface area contributed by atoms with Crippen molar-refractivity contribution in [2.45, 2.75) is 6.42 Å². The van der Waals surface area contributed by atoms with Crippen LogP contribution >= 0.6 is 11.3 Å². The predicted molar refractivity (Wildman–Crippen MR) is 85.1 cm³/mol. The summed E-state index contributed by atoms with van der Waals surface area (Å²) in [6.07, 6.45) is 6.71. The monoisotopic (exact) mass is 343 g/mol. The van der Waals surface area contributed by atoms with Gasteiger partial charge in [-0.3, -0.25) is 19.7 Å². The lowest BCUT2D eigenvalue weighted by atomic mass is 9.63. The van der Waals surface area contributed by atoms with Gasteiger partial charge >= 0.3 is 5.00 Å². The molecule has 0 unspecified atom stereocenters.